The van der Waals surface area contributed by atoms with Crippen molar-refractivity contribution in [1.29, 1.82) is 0 Å². The van der Waals surface area contributed by atoms with Crippen LogP contribution in [0.2, 0.25) is 5.02 Å². The fraction of sp³-hybridized carbons (Fsp3) is 0.500. The summed E-state index contributed by atoms with van der Waals surface area (Å²) in [5.41, 5.74) is 1.16. The Bertz CT molecular complexity index is 342. The van der Waals surface area contributed by atoms with Gasteiger partial charge in [0.25, 0.3) is 0 Å². The smallest absolute Gasteiger partial charge is 0.0735 e. The van der Waals surface area contributed by atoms with Crippen LogP contribution in [0, 0.1) is 0 Å². The monoisotopic (exact) mass is 225 g/mol. The minimum absolute atomic E-state index is 0.236. The number of hydrogen-bond donors (Lipinski definition) is 1. The Morgan fingerprint density at radius 2 is 2.27 bits per heavy atom. The third-order valence-corrected chi connectivity index (χ3v) is 3.30. The van der Waals surface area contributed by atoms with Crippen molar-refractivity contribution >= 4 is 11.6 Å². The second kappa shape index (κ2) is 4.52. The Morgan fingerprint density at radius 3 is 2.93 bits per heavy atom. The van der Waals surface area contributed by atoms with E-state index in [4.69, 9.17) is 11.6 Å². The summed E-state index contributed by atoms with van der Waals surface area (Å²) in [5, 5.41) is 10.7. The van der Waals surface area contributed by atoms with Gasteiger partial charge in [-0.15, -0.1) is 0 Å². The van der Waals surface area contributed by atoms with E-state index >= 15 is 0 Å². The van der Waals surface area contributed by atoms with Gasteiger partial charge in [-0.3, -0.25) is 0 Å². The van der Waals surface area contributed by atoms with E-state index in [1.165, 1.54) is 0 Å². The molecular weight excluding hydrogens is 210 g/mol. The van der Waals surface area contributed by atoms with Crippen LogP contribution >= 0.6 is 11.6 Å². The molecule has 1 saturated heterocycles. The molecule has 0 unspecified atom stereocenters. The van der Waals surface area contributed by atoms with Crippen molar-refractivity contribution in [3.63, 3.8) is 0 Å². The van der Waals surface area contributed by atoms with Crippen molar-refractivity contribution < 1.29 is 5.11 Å². The normalized spacial score (nSPS) is 27.9. The molecule has 0 saturated carbocycles. The van der Waals surface area contributed by atoms with Gasteiger partial charge in [-0.05, 0) is 37.7 Å². The summed E-state index contributed by atoms with van der Waals surface area (Å²) in [4.78, 5) is 2.16. The number of likely N-dealkylation sites (N-methyl/N-ethyl adjacent to an activating group) is 1. The molecule has 1 heterocycles. The third kappa shape index (κ3) is 2.51. The molecule has 3 heteroatoms. The SMILES string of the molecule is CN1CC[C@H](c2cccc(Cl)c2)[C@@H](O)C1. The van der Waals surface area contributed by atoms with Crippen molar-refractivity contribution in [3.8, 4) is 0 Å². The molecule has 2 rings (SSSR count). The highest BCUT2D eigenvalue weighted by Crippen LogP contribution is 2.29. The van der Waals surface area contributed by atoms with E-state index in [1.807, 2.05) is 31.3 Å². The highest BCUT2D eigenvalue weighted by atomic mass is 35.5. The number of benzene rings is 1. The zero-order chi connectivity index (χ0) is 10.8. The van der Waals surface area contributed by atoms with Gasteiger partial charge in [-0.2, -0.15) is 0 Å². The summed E-state index contributed by atoms with van der Waals surface area (Å²) < 4.78 is 0. The predicted octanol–water partition coefficient (Wildman–Crippen LogP) is 2.12. The van der Waals surface area contributed by atoms with E-state index in [1.54, 1.807) is 0 Å². The van der Waals surface area contributed by atoms with E-state index < -0.39 is 0 Å². The third-order valence-electron chi connectivity index (χ3n) is 3.06. The van der Waals surface area contributed by atoms with Crippen LogP contribution < -0.4 is 0 Å². The van der Waals surface area contributed by atoms with Gasteiger partial charge in [0, 0.05) is 17.5 Å². The Morgan fingerprint density at radius 1 is 1.47 bits per heavy atom. The van der Waals surface area contributed by atoms with Gasteiger partial charge in [-0.25, -0.2) is 0 Å². The predicted molar refractivity (Wildman–Crippen MR) is 62.3 cm³/mol. The average molecular weight is 226 g/mol. The number of hydrogen-bond acceptors (Lipinski definition) is 2. The Hall–Kier alpha value is -0.570. The summed E-state index contributed by atoms with van der Waals surface area (Å²) >= 11 is 5.95. The first-order chi connectivity index (χ1) is 7.16. The number of aliphatic hydroxyl groups is 1. The van der Waals surface area contributed by atoms with Crippen LogP contribution in [-0.2, 0) is 0 Å². The number of aliphatic hydroxyl groups excluding tert-OH is 1. The van der Waals surface area contributed by atoms with Crippen molar-refractivity contribution in [1.82, 2.24) is 4.90 Å². The molecule has 2 nitrogen and oxygen atoms in total. The quantitative estimate of drug-likeness (QED) is 0.792. The zero-order valence-corrected chi connectivity index (χ0v) is 9.61. The standard InChI is InChI=1S/C12H16ClNO/c1-14-6-5-11(12(15)8-14)9-3-2-4-10(13)7-9/h2-4,7,11-12,15H,5-6,8H2,1H3/t11-,12+/m1/s1. The number of nitrogens with zero attached hydrogens (tertiary/aromatic N) is 1. The Balaban J connectivity index is 2.17. The van der Waals surface area contributed by atoms with Gasteiger partial charge in [-0.1, -0.05) is 23.7 Å². The zero-order valence-electron chi connectivity index (χ0n) is 8.86. The molecule has 0 radical (unpaired) electrons. The maximum atomic E-state index is 10.00. The molecule has 1 aromatic carbocycles. The first-order valence-corrected chi connectivity index (χ1v) is 5.66. The van der Waals surface area contributed by atoms with Gasteiger partial charge >= 0.3 is 0 Å². The fourth-order valence-electron chi connectivity index (χ4n) is 2.22. The minimum Gasteiger partial charge on any atom is -0.391 e. The topological polar surface area (TPSA) is 23.5 Å². The van der Waals surface area contributed by atoms with E-state index in [-0.39, 0.29) is 12.0 Å². The average Bonchev–Trinajstić information content (AvgIpc) is 2.17. The maximum Gasteiger partial charge on any atom is 0.0735 e. The van der Waals surface area contributed by atoms with Gasteiger partial charge in [0.2, 0.25) is 0 Å². The number of β-amino-alcohol motifs (C(OH)–C–C–N with tert-alkyl or cyclic N) is 1. The largest absolute Gasteiger partial charge is 0.391 e. The number of rotatable bonds is 1. The Labute approximate surface area is 95.5 Å². The molecule has 0 aliphatic carbocycles. The van der Waals surface area contributed by atoms with Gasteiger partial charge < -0.3 is 10.0 Å². The molecule has 15 heavy (non-hydrogen) atoms. The van der Waals surface area contributed by atoms with Crippen LogP contribution in [0.25, 0.3) is 0 Å². The molecule has 0 bridgehead atoms. The first kappa shape index (κ1) is 10.9. The summed E-state index contributed by atoms with van der Waals surface area (Å²) in [6.07, 6.45) is 0.722. The van der Waals surface area contributed by atoms with Crippen LogP contribution in [0.1, 0.15) is 17.9 Å². The highest BCUT2D eigenvalue weighted by Gasteiger charge is 2.26. The Kier molecular flexibility index (Phi) is 3.29. The van der Waals surface area contributed by atoms with Crippen molar-refractivity contribution in [2.75, 3.05) is 20.1 Å². The number of likely N-dealkylation sites (tertiary alicyclic amines) is 1. The molecule has 2 atom stereocenters. The van der Waals surface area contributed by atoms with E-state index in [0.29, 0.717) is 0 Å². The van der Waals surface area contributed by atoms with Crippen LogP contribution in [0.3, 0.4) is 0 Å². The lowest BCUT2D eigenvalue weighted by molar-refractivity contribution is 0.0638. The summed E-state index contributed by atoms with van der Waals surface area (Å²) in [5.74, 6) is 0.236. The second-order valence-corrected chi connectivity index (χ2v) is 4.72. The van der Waals surface area contributed by atoms with Crippen molar-refractivity contribution in [2.24, 2.45) is 0 Å². The summed E-state index contributed by atoms with van der Waals surface area (Å²) in [6.45, 7) is 1.78. The van der Waals surface area contributed by atoms with Crippen molar-refractivity contribution in [3.05, 3.63) is 34.9 Å². The minimum atomic E-state index is -0.276. The van der Waals surface area contributed by atoms with E-state index in [9.17, 15) is 5.11 Å². The molecule has 1 fully saturated rings. The van der Waals surface area contributed by atoms with Crippen LogP contribution in [-0.4, -0.2) is 36.2 Å². The van der Waals surface area contributed by atoms with Crippen molar-refractivity contribution in [2.45, 2.75) is 18.4 Å². The molecule has 1 aromatic rings. The summed E-state index contributed by atoms with van der Waals surface area (Å²) in [6, 6.07) is 7.82. The molecule has 0 spiro atoms. The number of halogens is 1. The lowest BCUT2D eigenvalue weighted by Gasteiger charge is -2.34. The van der Waals surface area contributed by atoms with Crippen LogP contribution in [0.4, 0.5) is 0 Å². The second-order valence-electron chi connectivity index (χ2n) is 4.28. The first-order valence-electron chi connectivity index (χ1n) is 5.29. The molecule has 0 aromatic heterocycles. The lowest BCUT2D eigenvalue weighted by Crippen LogP contribution is -2.40. The molecule has 1 aliphatic heterocycles. The molecule has 1 aliphatic rings. The van der Waals surface area contributed by atoms with Gasteiger partial charge in [0.05, 0.1) is 6.10 Å². The van der Waals surface area contributed by atoms with Crippen LogP contribution in [0.5, 0.6) is 0 Å². The van der Waals surface area contributed by atoms with Crippen LogP contribution in [0.15, 0.2) is 24.3 Å². The maximum absolute atomic E-state index is 10.00. The summed E-state index contributed by atoms with van der Waals surface area (Å²) in [7, 11) is 2.04. The van der Waals surface area contributed by atoms with Gasteiger partial charge in [0.1, 0.15) is 0 Å². The van der Waals surface area contributed by atoms with Gasteiger partial charge in [0.15, 0.2) is 0 Å². The fourth-order valence-corrected chi connectivity index (χ4v) is 2.41. The highest BCUT2D eigenvalue weighted by molar-refractivity contribution is 6.30. The van der Waals surface area contributed by atoms with E-state index in [0.717, 1.165) is 30.1 Å². The van der Waals surface area contributed by atoms with E-state index in [2.05, 4.69) is 4.90 Å². The molecule has 0 amide bonds. The molecule has 1 N–H and O–H groups in total. The number of piperidine rings is 1. The molecule has 82 valence electrons. The lowest BCUT2D eigenvalue weighted by atomic mass is 9.87. The molecular formula is C12H16ClNO.